The van der Waals surface area contributed by atoms with Crippen molar-refractivity contribution in [3.05, 3.63) is 0 Å². The highest BCUT2D eigenvalue weighted by atomic mass is 16.5. The van der Waals surface area contributed by atoms with Gasteiger partial charge in [-0.25, -0.2) is 0 Å². The predicted octanol–water partition coefficient (Wildman–Crippen LogP) is 5.99. The van der Waals surface area contributed by atoms with Crippen molar-refractivity contribution in [1.29, 1.82) is 0 Å². The molecule has 4 saturated carbocycles. The van der Waals surface area contributed by atoms with Crippen LogP contribution in [0.2, 0.25) is 0 Å². The fraction of sp³-hybridized carbons (Fsp3) is 0.957. The van der Waals surface area contributed by atoms with Crippen LogP contribution >= 0.6 is 0 Å². The highest BCUT2D eigenvalue weighted by Gasteiger charge is 2.62. The van der Waals surface area contributed by atoms with Gasteiger partial charge in [0.2, 0.25) is 0 Å². The molecule has 4 aliphatic rings. The third-order valence-electron chi connectivity index (χ3n) is 9.63. The molecule has 2 nitrogen and oxygen atoms in total. The summed E-state index contributed by atoms with van der Waals surface area (Å²) in [6.45, 7) is 11.5. The van der Waals surface area contributed by atoms with Crippen molar-refractivity contribution < 1.29 is 9.53 Å². The van der Waals surface area contributed by atoms with E-state index in [9.17, 15) is 4.79 Å². The lowest BCUT2D eigenvalue weighted by Crippen LogP contribution is -2.59. The normalized spacial score (nSPS) is 51.2. The molecule has 0 aromatic rings. The first-order chi connectivity index (χ1) is 11.7. The quantitative estimate of drug-likeness (QED) is 0.545. The van der Waals surface area contributed by atoms with E-state index in [1.807, 2.05) is 0 Å². The highest BCUT2D eigenvalue weighted by Crippen LogP contribution is 2.68. The topological polar surface area (TPSA) is 26.3 Å². The first kappa shape index (κ1) is 17.9. The van der Waals surface area contributed by atoms with Crippen LogP contribution in [0.5, 0.6) is 0 Å². The van der Waals surface area contributed by atoms with Crippen LogP contribution in [0.1, 0.15) is 92.4 Å². The molecule has 0 saturated heterocycles. The van der Waals surface area contributed by atoms with E-state index in [4.69, 9.17) is 4.74 Å². The minimum Gasteiger partial charge on any atom is -0.462 e. The van der Waals surface area contributed by atoms with E-state index in [0.717, 1.165) is 24.2 Å². The molecule has 4 rings (SSSR count). The summed E-state index contributed by atoms with van der Waals surface area (Å²) in [6.07, 6.45) is 12.5. The Balaban J connectivity index is 1.62. The summed E-state index contributed by atoms with van der Waals surface area (Å²) in [7, 11) is 0. The smallest absolute Gasteiger partial charge is 0.302 e. The molecule has 2 heteroatoms. The second-order valence-corrected chi connectivity index (χ2v) is 11.1. The summed E-state index contributed by atoms with van der Waals surface area (Å²) < 4.78 is 5.78. The first-order valence-electron chi connectivity index (χ1n) is 10.9. The van der Waals surface area contributed by atoms with E-state index in [-0.39, 0.29) is 17.5 Å². The summed E-state index contributed by atoms with van der Waals surface area (Å²) in [5, 5.41) is 0. The van der Waals surface area contributed by atoms with Crippen molar-refractivity contribution in [3.63, 3.8) is 0 Å². The summed E-state index contributed by atoms with van der Waals surface area (Å²) in [6, 6.07) is 0. The molecule has 0 aromatic carbocycles. The Morgan fingerprint density at radius 3 is 2.36 bits per heavy atom. The molecule has 0 N–H and O–H groups in total. The van der Waals surface area contributed by atoms with Gasteiger partial charge in [0.05, 0.1) is 0 Å². The molecular formula is C23H38O2. The van der Waals surface area contributed by atoms with E-state index < -0.39 is 0 Å². The monoisotopic (exact) mass is 346 g/mol. The van der Waals surface area contributed by atoms with Crippen molar-refractivity contribution in [1.82, 2.24) is 0 Å². The summed E-state index contributed by atoms with van der Waals surface area (Å²) in [5.74, 6) is 3.45. The fourth-order valence-electron chi connectivity index (χ4n) is 8.48. The molecule has 142 valence electrons. The van der Waals surface area contributed by atoms with Crippen LogP contribution in [-0.4, -0.2) is 12.1 Å². The Morgan fingerprint density at radius 1 is 0.880 bits per heavy atom. The minimum atomic E-state index is -0.102. The number of fused-ring (bicyclic) bond motifs is 5. The maximum atomic E-state index is 11.6. The second-order valence-electron chi connectivity index (χ2n) is 11.1. The van der Waals surface area contributed by atoms with E-state index in [2.05, 4.69) is 27.7 Å². The van der Waals surface area contributed by atoms with Gasteiger partial charge in [-0.2, -0.15) is 0 Å². The maximum absolute atomic E-state index is 11.6. The lowest BCUT2D eigenvalue weighted by Gasteiger charge is -2.64. The maximum Gasteiger partial charge on any atom is 0.302 e. The van der Waals surface area contributed by atoms with Crippen molar-refractivity contribution in [3.8, 4) is 0 Å². The fourth-order valence-corrected chi connectivity index (χ4v) is 8.48. The average Bonchev–Trinajstić information content (AvgIpc) is 2.92. The molecule has 0 aliphatic heterocycles. The summed E-state index contributed by atoms with van der Waals surface area (Å²) in [5.41, 5.74) is 1.21. The highest BCUT2D eigenvalue weighted by molar-refractivity contribution is 5.66. The molecule has 0 radical (unpaired) electrons. The predicted molar refractivity (Wildman–Crippen MR) is 101 cm³/mol. The Hall–Kier alpha value is -0.530. The van der Waals surface area contributed by atoms with E-state index in [1.165, 1.54) is 51.4 Å². The number of esters is 1. The van der Waals surface area contributed by atoms with Crippen LogP contribution in [0, 0.1) is 39.9 Å². The molecule has 4 aliphatic carbocycles. The van der Waals surface area contributed by atoms with Gasteiger partial charge < -0.3 is 4.74 Å². The molecule has 4 fully saturated rings. The standard InChI is InChI=1S/C23H38O2/c1-15(24)25-20-11-14-23(5)18-10-13-22(4)12-6-7-17(22)16(18)8-9-19(23)21(20,2)3/h16-20H,6-14H2,1-5H3. The SMILES string of the molecule is CC(=O)OC1CCC2(C)C3CCC4(C)CCCC4C3CCC2C1(C)C. The second kappa shape index (κ2) is 5.73. The van der Waals surface area contributed by atoms with Gasteiger partial charge in [-0.15, -0.1) is 0 Å². The van der Waals surface area contributed by atoms with Crippen molar-refractivity contribution in [2.75, 3.05) is 0 Å². The molecule has 0 heterocycles. The molecule has 0 spiro atoms. The zero-order chi connectivity index (χ0) is 18.0. The lowest BCUT2D eigenvalue weighted by molar-refractivity contribution is -0.193. The molecule has 0 aromatic heterocycles. The van der Waals surface area contributed by atoms with E-state index in [0.29, 0.717) is 16.7 Å². The molecular weight excluding hydrogens is 308 g/mol. The van der Waals surface area contributed by atoms with Gasteiger partial charge in [-0.05, 0) is 85.9 Å². The van der Waals surface area contributed by atoms with Gasteiger partial charge >= 0.3 is 5.97 Å². The first-order valence-corrected chi connectivity index (χ1v) is 10.9. The zero-order valence-electron chi connectivity index (χ0n) is 17.1. The van der Waals surface area contributed by atoms with Crippen LogP contribution in [-0.2, 0) is 9.53 Å². The lowest BCUT2D eigenvalue weighted by atomic mass is 9.41. The molecule has 0 bridgehead atoms. The number of hydrogen-bond donors (Lipinski definition) is 0. The Labute approximate surface area is 154 Å². The Morgan fingerprint density at radius 2 is 1.64 bits per heavy atom. The van der Waals surface area contributed by atoms with Gasteiger partial charge in [0.25, 0.3) is 0 Å². The van der Waals surface area contributed by atoms with Crippen LogP contribution in [0.25, 0.3) is 0 Å². The Bertz CT molecular complexity index is 552. The van der Waals surface area contributed by atoms with E-state index in [1.54, 1.807) is 6.92 Å². The van der Waals surface area contributed by atoms with Crippen molar-refractivity contribution in [2.24, 2.45) is 39.9 Å². The largest absolute Gasteiger partial charge is 0.462 e. The van der Waals surface area contributed by atoms with Crippen molar-refractivity contribution >= 4 is 5.97 Å². The number of ether oxygens (including phenoxy) is 1. The van der Waals surface area contributed by atoms with E-state index >= 15 is 0 Å². The van der Waals surface area contributed by atoms with Gasteiger partial charge in [0.1, 0.15) is 6.10 Å². The van der Waals surface area contributed by atoms with Gasteiger partial charge in [0, 0.05) is 12.3 Å². The van der Waals surface area contributed by atoms with Crippen LogP contribution < -0.4 is 0 Å². The summed E-state index contributed by atoms with van der Waals surface area (Å²) in [4.78, 5) is 11.6. The Kier molecular flexibility index (Phi) is 4.10. The molecule has 25 heavy (non-hydrogen) atoms. The third kappa shape index (κ3) is 2.52. The number of carbonyl (C=O) groups is 1. The van der Waals surface area contributed by atoms with Gasteiger partial charge in [0.15, 0.2) is 0 Å². The molecule has 7 unspecified atom stereocenters. The van der Waals surface area contributed by atoms with Gasteiger partial charge in [-0.3, -0.25) is 4.79 Å². The van der Waals surface area contributed by atoms with Crippen LogP contribution in [0.3, 0.4) is 0 Å². The number of rotatable bonds is 1. The minimum absolute atomic E-state index is 0.102. The van der Waals surface area contributed by atoms with Crippen LogP contribution in [0.15, 0.2) is 0 Å². The van der Waals surface area contributed by atoms with Crippen LogP contribution in [0.4, 0.5) is 0 Å². The van der Waals surface area contributed by atoms with Crippen molar-refractivity contribution in [2.45, 2.75) is 98.5 Å². The average molecular weight is 347 g/mol. The number of carbonyl (C=O) groups excluding carboxylic acids is 1. The molecule has 7 atom stereocenters. The van der Waals surface area contributed by atoms with Gasteiger partial charge in [-0.1, -0.05) is 34.1 Å². The third-order valence-corrected chi connectivity index (χ3v) is 9.63. The summed E-state index contributed by atoms with van der Waals surface area (Å²) >= 11 is 0. The zero-order valence-corrected chi connectivity index (χ0v) is 17.1. The molecule has 0 amide bonds. The number of hydrogen-bond acceptors (Lipinski definition) is 2.